The Labute approximate surface area is 151 Å². The lowest BCUT2D eigenvalue weighted by molar-refractivity contribution is 0.0950. The molecule has 2 aromatic carbocycles. The van der Waals surface area contributed by atoms with Crippen molar-refractivity contribution in [3.63, 3.8) is 0 Å². The number of aromatic nitrogens is 2. The van der Waals surface area contributed by atoms with Gasteiger partial charge < -0.3 is 10.6 Å². The molecule has 0 fully saturated rings. The fourth-order valence-corrected chi connectivity index (χ4v) is 2.41. The molecule has 0 unspecified atom stereocenters. The maximum absolute atomic E-state index is 12.2. The van der Waals surface area contributed by atoms with E-state index in [1.807, 2.05) is 37.3 Å². The molecular weight excluding hydrogens is 326 g/mol. The second-order valence-corrected chi connectivity index (χ2v) is 5.69. The molecule has 6 heteroatoms. The van der Waals surface area contributed by atoms with Gasteiger partial charge in [0, 0.05) is 18.9 Å². The van der Waals surface area contributed by atoms with Crippen molar-refractivity contribution in [1.82, 2.24) is 15.3 Å². The van der Waals surface area contributed by atoms with Crippen molar-refractivity contribution in [1.29, 1.82) is 5.26 Å². The van der Waals surface area contributed by atoms with Crippen molar-refractivity contribution in [3.8, 4) is 6.07 Å². The second-order valence-electron chi connectivity index (χ2n) is 5.69. The van der Waals surface area contributed by atoms with Gasteiger partial charge in [-0.1, -0.05) is 36.4 Å². The van der Waals surface area contributed by atoms with Crippen LogP contribution in [0.4, 0.5) is 11.6 Å². The average Bonchev–Trinajstić information content (AvgIpc) is 2.68. The van der Waals surface area contributed by atoms with Gasteiger partial charge in [-0.15, -0.1) is 0 Å². The van der Waals surface area contributed by atoms with Gasteiger partial charge in [0.1, 0.15) is 6.07 Å². The Morgan fingerprint density at radius 3 is 2.50 bits per heavy atom. The van der Waals surface area contributed by atoms with E-state index in [-0.39, 0.29) is 5.91 Å². The molecule has 0 aliphatic rings. The highest BCUT2D eigenvalue weighted by molar-refractivity contribution is 5.93. The number of nitrogens with zero attached hydrogens (tertiary/aromatic N) is 3. The van der Waals surface area contributed by atoms with Crippen LogP contribution in [0, 0.1) is 18.3 Å². The highest BCUT2D eigenvalue weighted by atomic mass is 16.1. The summed E-state index contributed by atoms with van der Waals surface area (Å²) in [6, 6.07) is 17.1. The molecule has 0 atom stereocenters. The van der Waals surface area contributed by atoms with Crippen molar-refractivity contribution in [2.45, 2.75) is 13.5 Å². The summed E-state index contributed by atoms with van der Waals surface area (Å²) in [5.74, 6) is 0.0837. The first kappa shape index (κ1) is 17.1. The molecule has 0 saturated heterocycles. The largest absolute Gasteiger partial charge is 0.348 e. The van der Waals surface area contributed by atoms with E-state index in [0.717, 1.165) is 11.1 Å². The van der Waals surface area contributed by atoms with Crippen LogP contribution in [0.5, 0.6) is 0 Å². The van der Waals surface area contributed by atoms with Crippen molar-refractivity contribution in [2.75, 3.05) is 5.32 Å². The van der Waals surface area contributed by atoms with Crippen LogP contribution in [0.15, 0.2) is 60.9 Å². The third-order valence-corrected chi connectivity index (χ3v) is 3.91. The maximum Gasteiger partial charge on any atom is 0.254 e. The predicted molar refractivity (Wildman–Crippen MR) is 98.8 cm³/mol. The first-order valence-electron chi connectivity index (χ1n) is 8.08. The van der Waals surface area contributed by atoms with Crippen LogP contribution in [0.2, 0.25) is 0 Å². The first-order valence-corrected chi connectivity index (χ1v) is 8.08. The Kier molecular flexibility index (Phi) is 5.20. The van der Waals surface area contributed by atoms with Crippen molar-refractivity contribution in [2.24, 2.45) is 0 Å². The Morgan fingerprint density at radius 2 is 1.77 bits per heavy atom. The number of hydrogen-bond donors (Lipinski definition) is 2. The minimum Gasteiger partial charge on any atom is -0.348 e. The summed E-state index contributed by atoms with van der Waals surface area (Å²) in [7, 11) is 0. The molecule has 6 nitrogen and oxygen atoms in total. The van der Waals surface area contributed by atoms with Gasteiger partial charge in [-0.2, -0.15) is 5.26 Å². The normalized spacial score (nSPS) is 10.0. The van der Waals surface area contributed by atoms with Crippen LogP contribution in [0.1, 0.15) is 27.0 Å². The van der Waals surface area contributed by atoms with Crippen LogP contribution in [-0.4, -0.2) is 15.9 Å². The summed E-state index contributed by atoms with van der Waals surface area (Å²) in [6.45, 7) is 2.45. The van der Waals surface area contributed by atoms with Gasteiger partial charge in [0.25, 0.3) is 5.91 Å². The molecule has 0 saturated carbocycles. The van der Waals surface area contributed by atoms with Gasteiger partial charge in [-0.25, -0.2) is 9.97 Å². The number of nitriles is 1. The second kappa shape index (κ2) is 7.90. The third kappa shape index (κ3) is 4.02. The summed E-state index contributed by atoms with van der Waals surface area (Å²) in [5, 5.41) is 14.9. The minimum atomic E-state index is -0.239. The van der Waals surface area contributed by atoms with Gasteiger partial charge in [0.2, 0.25) is 5.95 Å². The zero-order chi connectivity index (χ0) is 18.4. The number of carbonyl (C=O) groups excluding carboxylic acids is 1. The van der Waals surface area contributed by atoms with Crippen LogP contribution in [-0.2, 0) is 6.54 Å². The fraction of sp³-hybridized carbons (Fsp3) is 0.100. The summed E-state index contributed by atoms with van der Waals surface area (Å²) in [4.78, 5) is 20.5. The van der Waals surface area contributed by atoms with Gasteiger partial charge in [0.05, 0.1) is 16.8 Å². The molecule has 0 bridgehead atoms. The maximum atomic E-state index is 12.2. The molecule has 1 aromatic heterocycles. The molecule has 0 aliphatic heterocycles. The number of para-hydroxylation sites is 1. The number of aryl methyl sites for hydroxylation is 1. The smallest absolute Gasteiger partial charge is 0.254 e. The van der Waals surface area contributed by atoms with E-state index < -0.39 is 0 Å². The van der Waals surface area contributed by atoms with E-state index in [2.05, 4.69) is 26.7 Å². The standard InChI is InChI=1S/C20H17N5O/c1-14-6-2-3-8-16(14)11-22-19(26)17-12-23-20(24-13-17)25-18-9-5-4-7-15(18)10-21/h2-9,12-13H,11H2,1H3,(H,22,26)(H,23,24,25). The predicted octanol–water partition coefficient (Wildman–Crippen LogP) is 3.33. The quantitative estimate of drug-likeness (QED) is 0.741. The molecule has 0 aliphatic carbocycles. The summed E-state index contributed by atoms with van der Waals surface area (Å²) < 4.78 is 0. The van der Waals surface area contributed by atoms with Crippen molar-refractivity contribution >= 4 is 17.5 Å². The van der Waals surface area contributed by atoms with E-state index in [1.54, 1.807) is 18.2 Å². The molecule has 1 heterocycles. The lowest BCUT2D eigenvalue weighted by Gasteiger charge is -2.09. The van der Waals surface area contributed by atoms with E-state index in [1.165, 1.54) is 12.4 Å². The monoisotopic (exact) mass is 343 g/mol. The van der Waals surface area contributed by atoms with Crippen molar-refractivity contribution < 1.29 is 4.79 Å². The Bertz CT molecular complexity index is 960. The SMILES string of the molecule is Cc1ccccc1CNC(=O)c1cnc(Nc2ccccc2C#N)nc1. The van der Waals surface area contributed by atoms with Crippen LogP contribution in [0.3, 0.4) is 0 Å². The highest BCUT2D eigenvalue weighted by Gasteiger charge is 2.09. The minimum absolute atomic E-state index is 0.239. The third-order valence-electron chi connectivity index (χ3n) is 3.91. The molecule has 0 spiro atoms. The molecular formula is C20H17N5O. The zero-order valence-corrected chi connectivity index (χ0v) is 14.2. The van der Waals surface area contributed by atoms with Crippen LogP contribution < -0.4 is 10.6 Å². The summed E-state index contributed by atoms with van der Waals surface area (Å²) in [5.41, 5.74) is 3.67. The van der Waals surface area contributed by atoms with Gasteiger partial charge >= 0.3 is 0 Å². The lowest BCUT2D eigenvalue weighted by atomic mass is 10.1. The number of hydrogen-bond acceptors (Lipinski definition) is 5. The van der Waals surface area contributed by atoms with Crippen LogP contribution in [0.25, 0.3) is 0 Å². The van der Waals surface area contributed by atoms with E-state index in [4.69, 9.17) is 5.26 Å². The number of benzene rings is 2. The number of nitrogens with one attached hydrogen (secondary N) is 2. The highest BCUT2D eigenvalue weighted by Crippen LogP contribution is 2.17. The van der Waals surface area contributed by atoms with E-state index >= 15 is 0 Å². The van der Waals surface area contributed by atoms with Gasteiger partial charge in [-0.3, -0.25) is 4.79 Å². The van der Waals surface area contributed by atoms with E-state index in [0.29, 0.717) is 29.3 Å². The molecule has 0 radical (unpaired) electrons. The number of carbonyl (C=O) groups is 1. The molecule has 1 amide bonds. The molecule has 3 rings (SSSR count). The summed E-state index contributed by atoms with van der Waals surface area (Å²) in [6.07, 6.45) is 2.91. The number of rotatable bonds is 5. The molecule has 2 N–H and O–H groups in total. The molecule has 3 aromatic rings. The first-order chi connectivity index (χ1) is 12.7. The topological polar surface area (TPSA) is 90.7 Å². The molecule has 26 heavy (non-hydrogen) atoms. The lowest BCUT2D eigenvalue weighted by Crippen LogP contribution is -2.23. The van der Waals surface area contributed by atoms with Gasteiger partial charge in [0.15, 0.2) is 0 Å². The zero-order valence-electron chi connectivity index (χ0n) is 14.2. The Morgan fingerprint density at radius 1 is 1.08 bits per heavy atom. The average molecular weight is 343 g/mol. The van der Waals surface area contributed by atoms with E-state index in [9.17, 15) is 4.79 Å². The Hall–Kier alpha value is -3.72. The van der Waals surface area contributed by atoms with Crippen molar-refractivity contribution in [3.05, 3.63) is 83.2 Å². The molecule has 128 valence electrons. The summed E-state index contributed by atoms with van der Waals surface area (Å²) >= 11 is 0. The number of anilines is 2. The fourth-order valence-electron chi connectivity index (χ4n) is 2.41. The number of amides is 1. The van der Waals surface area contributed by atoms with Crippen LogP contribution >= 0.6 is 0 Å². The Balaban J connectivity index is 1.65. The van der Waals surface area contributed by atoms with Gasteiger partial charge in [-0.05, 0) is 30.2 Å².